The summed E-state index contributed by atoms with van der Waals surface area (Å²) in [5, 5.41) is 9.69. The number of hydrogen-bond acceptors (Lipinski definition) is 4. The van der Waals surface area contributed by atoms with Crippen LogP contribution in [0.5, 0.6) is 0 Å². The van der Waals surface area contributed by atoms with Gasteiger partial charge in [-0.2, -0.15) is 0 Å². The summed E-state index contributed by atoms with van der Waals surface area (Å²) in [6, 6.07) is 4.64. The number of nitrogens with zero attached hydrogens (tertiary/aromatic N) is 3. The third-order valence-corrected chi connectivity index (χ3v) is 6.31. The minimum atomic E-state index is -1.02. The van der Waals surface area contributed by atoms with Crippen molar-refractivity contribution in [2.75, 3.05) is 0 Å². The van der Waals surface area contributed by atoms with Crippen LogP contribution in [-0.4, -0.2) is 37.9 Å². The fourth-order valence-corrected chi connectivity index (χ4v) is 4.47. The summed E-state index contributed by atoms with van der Waals surface area (Å²) in [6.45, 7) is 1.82. The summed E-state index contributed by atoms with van der Waals surface area (Å²) in [4.78, 5) is 34.5. The van der Waals surface area contributed by atoms with Gasteiger partial charge in [0, 0.05) is 30.3 Å². The van der Waals surface area contributed by atoms with Crippen molar-refractivity contribution in [3.8, 4) is 11.3 Å². The van der Waals surface area contributed by atoms with E-state index in [2.05, 4.69) is 4.98 Å². The molecule has 2 aromatic rings. The number of fused-ring (bicyclic) bond motifs is 1. The first kappa shape index (κ1) is 19.8. The van der Waals surface area contributed by atoms with Crippen LogP contribution in [0.25, 0.3) is 11.3 Å². The topological polar surface area (TPSA) is 83.4 Å². The number of benzene rings is 1. The van der Waals surface area contributed by atoms with Crippen molar-refractivity contribution < 1.29 is 14.7 Å². The summed E-state index contributed by atoms with van der Waals surface area (Å²) >= 11 is 6.38. The molecule has 6 nitrogen and oxygen atoms in total. The van der Waals surface area contributed by atoms with Gasteiger partial charge in [0.2, 0.25) is 0 Å². The maximum atomic E-state index is 12.7. The molecule has 29 heavy (non-hydrogen) atoms. The number of aliphatic carboxylic acids is 1. The summed E-state index contributed by atoms with van der Waals surface area (Å²) in [5.41, 5.74) is 2.70. The van der Waals surface area contributed by atoms with Gasteiger partial charge in [0.1, 0.15) is 11.9 Å². The zero-order chi connectivity index (χ0) is 20.5. The Bertz CT molecular complexity index is 956. The van der Waals surface area contributed by atoms with Crippen LogP contribution in [0.3, 0.4) is 0 Å². The molecule has 0 radical (unpaired) electrons. The van der Waals surface area contributed by atoms with Crippen LogP contribution in [0.1, 0.15) is 60.8 Å². The number of aromatic nitrogens is 2. The molecule has 1 aliphatic heterocycles. The van der Waals surface area contributed by atoms with Gasteiger partial charge in [0.25, 0.3) is 5.91 Å². The Hall–Kier alpha value is -2.47. The quantitative estimate of drug-likeness (QED) is 0.787. The second-order valence-electron chi connectivity index (χ2n) is 8.01. The number of carboxylic acids is 1. The van der Waals surface area contributed by atoms with Crippen LogP contribution < -0.4 is 0 Å². The molecule has 1 amide bonds. The van der Waals surface area contributed by atoms with E-state index in [4.69, 9.17) is 16.6 Å². The molecule has 1 aliphatic carbocycles. The van der Waals surface area contributed by atoms with Crippen molar-refractivity contribution in [1.82, 2.24) is 14.9 Å². The zero-order valence-corrected chi connectivity index (χ0v) is 17.2. The van der Waals surface area contributed by atoms with Crippen LogP contribution >= 0.6 is 11.6 Å². The Morgan fingerprint density at radius 2 is 2.07 bits per heavy atom. The lowest BCUT2D eigenvalue weighted by Crippen LogP contribution is -2.38. The second-order valence-corrected chi connectivity index (χ2v) is 8.42. The first-order chi connectivity index (χ1) is 13.9. The Balaban J connectivity index is 1.61. The number of carbonyl (C=O) groups excluding carboxylic acids is 1. The largest absolute Gasteiger partial charge is 0.480 e. The van der Waals surface area contributed by atoms with E-state index in [0.29, 0.717) is 28.7 Å². The molecule has 7 heteroatoms. The normalized spacial score (nSPS) is 18.0. The van der Waals surface area contributed by atoms with Gasteiger partial charge in [0.15, 0.2) is 0 Å². The molecule has 4 rings (SSSR count). The van der Waals surface area contributed by atoms with Crippen molar-refractivity contribution >= 4 is 23.5 Å². The predicted octanol–water partition coefficient (Wildman–Crippen LogP) is 4.35. The maximum Gasteiger partial charge on any atom is 0.326 e. The van der Waals surface area contributed by atoms with Gasteiger partial charge in [-0.25, -0.2) is 14.8 Å². The fraction of sp³-hybridized carbons (Fsp3) is 0.455. The van der Waals surface area contributed by atoms with Crippen molar-refractivity contribution in [2.45, 2.75) is 58.0 Å². The predicted molar refractivity (Wildman–Crippen MR) is 110 cm³/mol. The van der Waals surface area contributed by atoms with Gasteiger partial charge in [-0.3, -0.25) is 4.79 Å². The van der Waals surface area contributed by atoms with E-state index >= 15 is 0 Å². The molecule has 1 aromatic carbocycles. The molecule has 0 unspecified atom stereocenters. The first-order valence-electron chi connectivity index (χ1n) is 10.1. The molecule has 0 spiro atoms. The lowest BCUT2D eigenvalue weighted by molar-refractivity contribution is -0.141. The number of rotatable bonds is 5. The standard InChI is InChI=1S/C22H24ClN3O3/c1-13(22(28)29)26-12-16-8-7-15(10-17(16)21(26)27)20-18(23)11-24-19(25-20)9-14-5-3-2-4-6-14/h7-8,10-11,13-14H,2-6,9,12H2,1H3,(H,28,29)/t13-/m1/s1. The van der Waals surface area contributed by atoms with Crippen LogP contribution in [0, 0.1) is 5.92 Å². The van der Waals surface area contributed by atoms with E-state index in [0.717, 1.165) is 23.4 Å². The van der Waals surface area contributed by atoms with E-state index in [-0.39, 0.29) is 5.91 Å². The average molecular weight is 414 g/mol. The summed E-state index contributed by atoms with van der Waals surface area (Å²) in [7, 11) is 0. The first-order valence-corrected chi connectivity index (χ1v) is 10.5. The Labute approximate surface area is 174 Å². The van der Waals surface area contributed by atoms with Crippen LogP contribution in [0.15, 0.2) is 24.4 Å². The molecule has 1 atom stereocenters. The van der Waals surface area contributed by atoms with Gasteiger partial charge in [-0.15, -0.1) is 0 Å². The van der Waals surface area contributed by atoms with Crippen molar-refractivity contribution in [2.24, 2.45) is 5.92 Å². The van der Waals surface area contributed by atoms with Crippen molar-refractivity contribution in [1.29, 1.82) is 0 Å². The molecular weight excluding hydrogens is 390 g/mol. The molecule has 0 saturated heterocycles. The maximum absolute atomic E-state index is 12.7. The Morgan fingerprint density at radius 1 is 1.31 bits per heavy atom. The summed E-state index contributed by atoms with van der Waals surface area (Å²) < 4.78 is 0. The average Bonchev–Trinajstić information content (AvgIpc) is 3.05. The Morgan fingerprint density at radius 3 is 2.79 bits per heavy atom. The molecular formula is C22H24ClN3O3. The minimum absolute atomic E-state index is 0.274. The number of amides is 1. The van der Waals surface area contributed by atoms with Crippen molar-refractivity contribution in [3.63, 3.8) is 0 Å². The zero-order valence-electron chi connectivity index (χ0n) is 16.4. The van der Waals surface area contributed by atoms with Gasteiger partial charge in [0.05, 0.1) is 10.7 Å². The smallest absolute Gasteiger partial charge is 0.326 e. The SMILES string of the molecule is C[C@H](C(=O)O)N1Cc2ccc(-c3nc(CC4CCCCC4)ncc3Cl)cc2C1=O. The van der Waals surface area contributed by atoms with Gasteiger partial charge >= 0.3 is 5.97 Å². The minimum Gasteiger partial charge on any atom is -0.480 e. The number of carboxylic acid groups (broad SMARTS) is 1. The molecule has 1 saturated carbocycles. The summed E-state index contributed by atoms with van der Waals surface area (Å²) in [6.07, 6.45) is 8.75. The van der Waals surface area contributed by atoms with Crippen LogP contribution in [0.2, 0.25) is 5.02 Å². The third-order valence-electron chi connectivity index (χ3n) is 6.03. The van der Waals surface area contributed by atoms with E-state index < -0.39 is 12.0 Å². The van der Waals surface area contributed by atoms with Crippen molar-refractivity contribution in [3.05, 3.63) is 46.4 Å². The lowest BCUT2D eigenvalue weighted by Gasteiger charge is -2.20. The molecule has 1 aromatic heterocycles. The van der Waals surface area contributed by atoms with Gasteiger partial charge in [-0.1, -0.05) is 55.8 Å². The highest BCUT2D eigenvalue weighted by Gasteiger charge is 2.34. The number of halogens is 1. The van der Waals surface area contributed by atoms with E-state index in [9.17, 15) is 14.7 Å². The third kappa shape index (κ3) is 3.99. The molecule has 1 N–H and O–H groups in total. The monoisotopic (exact) mass is 413 g/mol. The van der Waals surface area contributed by atoms with Crippen LogP contribution in [-0.2, 0) is 17.8 Å². The number of carbonyl (C=O) groups is 2. The molecule has 1 fully saturated rings. The molecule has 2 heterocycles. The molecule has 152 valence electrons. The van der Waals surface area contributed by atoms with Crippen LogP contribution in [0.4, 0.5) is 0 Å². The molecule has 0 bridgehead atoms. The highest BCUT2D eigenvalue weighted by Crippen LogP contribution is 2.32. The van der Waals surface area contributed by atoms with E-state index in [1.807, 2.05) is 12.1 Å². The lowest BCUT2D eigenvalue weighted by atomic mass is 9.87. The molecule has 2 aliphatic rings. The highest BCUT2D eigenvalue weighted by molar-refractivity contribution is 6.32. The van der Waals surface area contributed by atoms with Gasteiger partial charge in [-0.05, 0) is 24.5 Å². The highest BCUT2D eigenvalue weighted by atomic mass is 35.5. The van der Waals surface area contributed by atoms with Gasteiger partial charge < -0.3 is 10.0 Å². The second kappa shape index (κ2) is 8.11. The Kier molecular flexibility index (Phi) is 5.54. The van der Waals surface area contributed by atoms with E-state index in [1.54, 1.807) is 12.3 Å². The summed E-state index contributed by atoms with van der Waals surface area (Å²) in [5.74, 6) is 0.108. The fourth-order valence-electron chi connectivity index (χ4n) is 4.27. The van der Waals surface area contributed by atoms with E-state index in [1.165, 1.54) is 43.9 Å². The number of hydrogen-bond donors (Lipinski definition) is 1.